The Hall–Kier alpha value is -1.58. The molecule has 1 amide bonds. The zero-order chi connectivity index (χ0) is 9.68. The van der Waals surface area contributed by atoms with Gasteiger partial charge in [0.15, 0.2) is 5.78 Å². The molecule has 1 aromatic heterocycles. The first-order valence-electron chi connectivity index (χ1n) is 4.17. The first-order chi connectivity index (χ1) is 6.24. The molecule has 0 spiro atoms. The average Bonchev–Trinajstić information content (AvgIpc) is 2.55. The minimum atomic E-state index is -0.234. The first kappa shape index (κ1) is 9.51. The van der Waals surface area contributed by atoms with Gasteiger partial charge in [0.25, 0.3) is 0 Å². The third kappa shape index (κ3) is 2.74. The van der Waals surface area contributed by atoms with E-state index in [-0.39, 0.29) is 18.1 Å². The van der Waals surface area contributed by atoms with Crippen LogP contribution in [0.5, 0.6) is 0 Å². The molecule has 0 radical (unpaired) electrons. The molecule has 0 aliphatic heterocycles. The summed E-state index contributed by atoms with van der Waals surface area (Å²) in [6.07, 6.45) is 1.57. The van der Waals surface area contributed by atoms with Gasteiger partial charge in [0.2, 0.25) is 5.91 Å². The largest absolute Gasteiger partial charge is 0.359 e. The van der Waals surface area contributed by atoms with Gasteiger partial charge >= 0.3 is 0 Å². The number of aromatic nitrogens is 1. The summed E-state index contributed by atoms with van der Waals surface area (Å²) in [7, 11) is 0. The summed E-state index contributed by atoms with van der Waals surface area (Å²) in [6.45, 7) is 2.37. The molecule has 13 heavy (non-hydrogen) atoms. The Bertz CT molecular complexity index is 291. The number of aromatic amines is 1. The topological polar surface area (TPSA) is 62.0 Å². The van der Waals surface area contributed by atoms with Gasteiger partial charge in [0.05, 0.1) is 12.1 Å². The van der Waals surface area contributed by atoms with Gasteiger partial charge in [-0.2, -0.15) is 0 Å². The van der Waals surface area contributed by atoms with Gasteiger partial charge in [-0.1, -0.05) is 0 Å². The van der Waals surface area contributed by atoms with E-state index in [4.69, 9.17) is 0 Å². The molecule has 0 aromatic carbocycles. The van der Waals surface area contributed by atoms with Gasteiger partial charge < -0.3 is 10.3 Å². The molecular weight excluding hydrogens is 168 g/mol. The SMILES string of the molecule is CCNC(=O)CC(=O)c1ccc[nH]1. The van der Waals surface area contributed by atoms with E-state index >= 15 is 0 Å². The van der Waals surface area contributed by atoms with Crippen molar-refractivity contribution in [2.24, 2.45) is 0 Å². The minimum Gasteiger partial charge on any atom is -0.359 e. The molecule has 0 saturated heterocycles. The minimum absolute atomic E-state index is 0.0889. The highest BCUT2D eigenvalue weighted by Gasteiger charge is 2.10. The van der Waals surface area contributed by atoms with Gasteiger partial charge in [0, 0.05) is 12.7 Å². The molecular formula is C9H12N2O2. The van der Waals surface area contributed by atoms with Gasteiger partial charge in [-0.05, 0) is 19.1 Å². The van der Waals surface area contributed by atoms with Crippen molar-refractivity contribution in [1.82, 2.24) is 10.3 Å². The fourth-order valence-electron chi connectivity index (χ4n) is 1.00. The fraction of sp³-hybridized carbons (Fsp3) is 0.333. The van der Waals surface area contributed by atoms with Crippen LogP contribution in [0.15, 0.2) is 18.3 Å². The van der Waals surface area contributed by atoms with E-state index in [2.05, 4.69) is 10.3 Å². The lowest BCUT2D eigenvalue weighted by atomic mass is 10.2. The van der Waals surface area contributed by atoms with Crippen molar-refractivity contribution in [3.63, 3.8) is 0 Å². The maximum atomic E-state index is 11.3. The second-order valence-electron chi connectivity index (χ2n) is 2.64. The van der Waals surface area contributed by atoms with Crippen LogP contribution in [0.1, 0.15) is 23.8 Å². The number of nitrogens with one attached hydrogen (secondary N) is 2. The Kier molecular flexibility index (Phi) is 3.25. The van der Waals surface area contributed by atoms with Crippen molar-refractivity contribution in [3.05, 3.63) is 24.0 Å². The van der Waals surface area contributed by atoms with Crippen LogP contribution in [0.25, 0.3) is 0 Å². The van der Waals surface area contributed by atoms with Gasteiger partial charge in [-0.3, -0.25) is 9.59 Å². The lowest BCUT2D eigenvalue weighted by Crippen LogP contribution is -2.25. The van der Waals surface area contributed by atoms with Crippen LogP contribution in [-0.4, -0.2) is 23.2 Å². The molecule has 1 rings (SSSR count). The number of amides is 1. The zero-order valence-corrected chi connectivity index (χ0v) is 7.46. The predicted octanol–water partition coefficient (Wildman–Crippen LogP) is 0.724. The average molecular weight is 180 g/mol. The molecule has 0 aliphatic rings. The highest BCUT2D eigenvalue weighted by Crippen LogP contribution is 1.99. The number of hydrogen-bond donors (Lipinski definition) is 2. The summed E-state index contributed by atoms with van der Waals surface area (Å²) in [5.74, 6) is -0.418. The van der Waals surface area contributed by atoms with Crippen molar-refractivity contribution in [2.45, 2.75) is 13.3 Å². The van der Waals surface area contributed by atoms with E-state index in [1.165, 1.54) is 0 Å². The van der Waals surface area contributed by atoms with Crippen LogP contribution in [0, 0.1) is 0 Å². The molecule has 2 N–H and O–H groups in total. The molecule has 1 heterocycles. The standard InChI is InChI=1S/C9H12N2O2/c1-2-10-9(13)6-8(12)7-4-3-5-11-7/h3-5,11H,2,6H2,1H3,(H,10,13). The maximum absolute atomic E-state index is 11.3. The molecule has 0 saturated carbocycles. The number of carbonyl (C=O) groups is 2. The Morgan fingerprint density at radius 3 is 2.85 bits per heavy atom. The highest BCUT2D eigenvalue weighted by molar-refractivity contribution is 6.06. The summed E-state index contributed by atoms with van der Waals surface area (Å²) < 4.78 is 0. The van der Waals surface area contributed by atoms with Crippen LogP contribution in [0.4, 0.5) is 0 Å². The fourth-order valence-corrected chi connectivity index (χ4v) is 1.00. The Labute approximate surface area is 76.3 Å². The lowest BCUT2D eigenvalue weighted by Gasteiger charge is -1.99. The first-order valence-corrected chi connectivity index (χ1v) is 4.17. The number of carbonyl (C=O) groups excluding carboxylic acids is 2. The lowest BCUT2D eigenvalue weighted by molar-refractivity contribution is -0.120. The summed E-state index contributed by atoms with van der Waals surface area (Å²) in [6, 6.07) is 3.38. The van der Waals surface area contributed by atoms with Crippen LogP contribution in [-0.2, 0) is 4.79 Å². The zero-order valence-electron chi connectivity index (χ0n) is 7.46. The quantitative estimate of drug-likeness (QED) is 0.530. The van der Waals surface area contributed by atoms with Crippen LogP contribution in [0.3, 0.4) is 0 Å². The summed E-state index contributed by atoms with van der Waals surface area (Å²) in [4.78, 5) is 25.1. The molecule has 0 atom stereocenters. The van der Waals surface area contributed by atoms with E-state index in [1.54, 1.807) is 18.3 Å². The highest BCUT2D eigenvalue weighted by atomic mass is 16.2. The Balaban J connectivity index is 2.47. The summed E-state index contributed by atoms with van der Waals surface area (Å²) in [5, 5.41) is 2.56. The van der Waals surface area contributed by atoms with E-state index < -0.39 is 0 Å². The van der Waals surface area contributed by atoms with Crippen molar-refractivity contribution in [3.8, 4) is 0 Å². The van der Waals surface area contributed by atoms with E-state index in [9.17, 15) is 9.59 Å². The summed E-state index contributed by atoms with van der Waals surface area (Å²) in [5.41, 5.74) is 0.478. The Morgan fingerprint density at radius 1 is 1.54 bits per heavy atom. The molecule has 0 aliphatic carbocycles. The third-order valence-electron chi connectivity index (χ3n) is 1.59. The van der Waals surface area contributed by atoms with Crippen LogP contribution >= 0.6 is 0 Å². The molecule has 4 heteroatoms. The third-order valence-corrected chi connectivity index (χ3v) is 1.59. The Morgan fingerprint density at radius 2 is 2.31 bits per heavy atom. The van der Waals surface area contributed by atoms with E-state index in [0.29, 0.717) is 12.2 Å². The van der Waals surface area contributed by atoms with Gasteiger partial charge in [-0.15, -0.1) is 0 Å². The maximum Gasteiger partial charge on any atom is 0.227 e. The van der Waals surface area contributed by atoms with E-state index in [0.717, 1.165) is 0 Å². The predicted molar refractivity (Wildman–Crippen MR) is 48.4 cm³/mol. The number of ketones is 1. The van der Waals surface area contributed by atoms with Crippen molar-refractivity contribution < 1.29 is 9.59 Å². The van der Waals surface area contributed by atoms with Crippen LogP contribution in [0.2, 0.25) is 0 Å². The van der Waals surface area contributed by atoms with Crippen molar-refractivity contribution >= 4 is 11.7 Å². The van der Waals surface area contributed by atoms with Gasteiger partial charge in [0.1, 0.15) is 0 Å². The second-order valence-corrected chi connectivity index (χ2v) is 2.64. The molecule has 70 valence electrons. The molecule has 0 unspecified atom stereocenters. The molecule has 4 nitrogen and oxygen atoms in total. The number of H-pyrrole nitrogens is 1. The monoisotopic (exact) mass is 180 g/mol. The second kappa shape index (κ2) is 4.45. The molecule has 1 aromatic rings. The number of rotatable bonds is 4. The van der Waals surface area contributed by atoms with Crippen molar-refractivity contribution in [1.29, 1.82) is 0 Å². The number of hydrogen-bond acceptors (Lipinski definition) is 2. The molecule has 0 fully saturated rings. The van der Waals surface area contributed by atoms with Crippen molar-refractivity contribution in [2.75, 3.05) is 6.54 Å². The molecule has 0 bridgehead atoms. The van der Waals surface area contributed by atoms with Gasteiger partial charge in [-0.25, -0.2) is 0 Å². The number of Topliss-reactive ketones (excluding diaryl/α,β-unsaturated/α-hetero) is 1. The normalized spacial score (nSPS) is 9.62. The summed E-state index contributed by atoms with van der Waals surface area (Å²) >= 11 is 0. The smallest absolute Gasteiger partial charge is 0.227 e. The van der Waals surface area contributed by atoms with E-state index in [1.807, 2.05) is 6.92 Å². The van der Waals surface area contributed by atoms with Crippen LogP contribution < -0.4 is 5.32 Å².